The Bertz CT molecular complexity index is 590. The number of imidazole rings is 1. The first-order chi connectivity index (χ1) is 9.75. The van der Waals surface area contributed by atoms with E-state index in [1.165, 1.54) is 6.20 Å². The molecule has 1 aliphatic rings. The average molecular weight is 271 g/mol. The molecule has 1 atom stereocenters. The van der Waals surface area contributed by atoms with E-state index in [1.54, 1.807) is 10.9 Å². The monoisotopic (exact) mass is 271 g/mol. The van der Waals surface area contributed by atoms with E-state index in [9.17, 15) is 9.90 Å². The molecule has 5 heteroatoms. The van der Waals surface area contributed by atoms with E-state index >= 15 is 0 Å². The number of nitrogens with zero attached hydrogens (tertiary/aromatic N) is 2. The van der Waals surface area contributed by atoms with E-state index in [-0.39, 0.29) is 5.91 Å². The zero-order valence-corrected chi connectivity index (χ0v) is 11.1. The molecule has 1 aromatic heterocycles. The van der Waals surface area contributed by atoms with E-state index in [2.05, 4.69) is 10.3 Å². The minimum Gasteiger partial charge on any atom is -0.391 e. The van der Waals surface area contributed by atoms with Crippen molar-refractivity contribution in [3.8, 4) is 5.69 Å². The van der Waals surface area contributed by atoms with Gasteiger partial charge in [0, 0.05) is 12.2 Å². The Balaban J connectivity index is 1.70. The quantitative estimate of drug-likeness (QED) is 0.863. The van der Waals surface area contributed by atoms with E-state index in [1.807, 2.05) is 30.3 Å². The molecule has 104 valence electrons. The van der Waals surface area contributed by atoms with Crippen LogP contribution in [-0.2, 0) is 0 Å². The van der Waals surface area contributed by atoms with E-state index < -0.39 is 6.10 Å². The van der Waals surface area contributed by atoms with Gasteiger partial charge in [0.2, 0.25) is 0 Å². The number of aliphatic hydroxyl groups excluding tert-OH is 1. The number of carbonyl (C=O) groups is 1. The van der Waals surface area contributed by atoms with Crippen molar-refractivity contribution in [2.45, 2.75) is 18.9 Å². The maximum Gasteiger partial charge on any atom is 0.270 e. The number of carbonyl (C=O) groups excluding carboxylic acids is 1. The highest BCUT2D eigenvalue weighted by Gasteiger charge is 2.29. The van der Waals surface area contributed by atoms with Gasteiger partial charge in [-0.25, -0.2) is 4.98 Å². The predicted octanol–water partition coefficient (Wildman–Crippen LogP) is 1.37. The summed E-state index contributed by atoms with van der Waals surface area (Å²) in [7, 11) is 0. The van der Waals surface area contributed by atoms with Crippen LogP contribution >= 0.6 is 0 Å². The highest BCUT2D eigenvalue weighted by Crippen LogP contribution is 2.32. The van der Waals surface area contributed by atoms with Gasteiger partial charge in [-0.05, 0) is 30.9 Å². The van der Waals surface area contributed by atoms with Gasteiger partial charge >= 0.3 is 0 Å². The Labute approximate surface area is 117 Å². The topological polar surface area (TPSA) is 67.2 Å². The van der Waals surface area contributed by atoms with Gasteiger partial charge in [-0.1, -0.05) is 18.2 Å². The predicted molar refractivity (Wildman–Crippen MR) is 74.6 cm³/mol. The summed E-state index contributed by atoms with van der Waals surface area (Å²) in [5, 5.41) is 12.6. The third-order valence-electron chi connectivity index (χ3n) is 3.54. The molecule has 0 saturated heterocycles. The Morgan fingerprint density at radius 2 is 2.15 bits per heavy atom. The number of hydrogen-bond donors (Lipinski definition) is 2. The van der Waals surface area contributed by atoms with Crippen molar-refractivity contribution in [1.82, 2.24) is 14.9 Å². The SMILES string of the molecule is O=C(NCC(O)C1CC1)c1cncn1-c1ccccc1. The standard InChI is InChI=1S/C15H17N3O2/c19-14(11-6-7-11)9-17-15(20)13-8-16-10-18(13)12-4-2-1-3-5-12/h1-5,8,10-11,14,19H,6-7,9H2,(H,17,20). The summed E-state index contributed by atoms with van der Waals surface area (Å²) in [6.07, 6.45) is 4.82. The number of aromatic nitrogens is 2. The molecule has 5 nitrogen and oxygen atoms in total. The van der Waals surface area contributed by atoms with Gasteiger partial charge in [-0.3, -0.25) is 9.36 Å². The molecule has 1 heterocycles. The molecule has 20 heavy (non-hydrogen) atoms. The number of para-hydroxylation sites is 1. The average Bonchev–Trinajstić information content (AvgIpc) is 3.22. The molecule has 2 N–H and O–H groups in total. The van der Waals surface area contributed by atoms with E-state index in [0.29, 0.717) is 18.2 Å². The lowest BCUT2D eigenvalue weighted by atomic mass is 10.2. The molecule has 2 aromatic rings. The van der Waals surface area contributed by atoms with Crippen LogP contribution in [0.3, 0.4) is 0 Å². The normalized spacial score (nSPS) is 15.8. The summed E-state index contributed by atoms with van der Waals surface area (Å²) in [5.41, 5.74) is 1.36. The summed E-state index contributed by atoms with van der Waals surface area (Å²) in [5.74, 6) is 0.139. The number of amides is 1. The Morgan fingerprint density at radius 3 is 2.85 bits per heavy atom. The highest BCUT2D eigenvalue weighted by atomic mass is 16.3. The van der Waals surface area contributed by atoms with Crippen molar-refractivity contribution < 1.29 is 9.90 Å². The van der Waals surface area contributed by atoms with Gasteiger partial charge in [-0.15, -0.1) is 0 Å². The molecule has 1 amide bonds. The lowest BCUT2D eigenvalue weighted by Gasteiger charge is -2.12. The molecule has 1 aliphatic carbocycles. The molecule has 1 aromatic carbocycles. The Hall–Kier alpha value is -2.14. The Kier molecular flexibility index (Phi) is 3.52. The van der Waals surface area contributed by atoms with Crippen molar-refractivity contribution in [3.05, 3.63) is 48.5 Å². The lowest BCUT2D eigenvalue weighted by molar-refractivity contribution is 0.0894. The largest absolute Gasteiger partial charge is 0.391 e. The van der Waals surface area contributed by atoms with Crippen LogP contribution in [0.25, 0.3) is 5.69 Å². The van der Waals surface area contributed by atoms with Crippen LogP contribution in [-0.4, -0.2) is 33.2 Å². The molecule has 1 fully saturated rings. The van der Waals surface area contributed by atoms with Crippen LogP contribution in [0.5, 0.6) is 0 Å². The summed E-state index contributed by atoms with van der Waals surface area (Å²) in [4.78, 5) is 16.2. The first kappa shape index (κ1) is 12.9. The summed E-state index contributed by atoms with van der Waals surface area (Å²) < 4.78 is 1.73. The summed E-state index contributed by atoms with van der Waals surface area (Å²) in [6.45, 7) is 0.295. The van der Waals surface area contributed by atoms with Crippen molar-refractivity contribution in [2.75, 3.05) is 6.54 Å². The van der Waals surface area contributed by atoms with Crippen LogP contribution in [0.4, 0.5) is 0 Å². The number of rotatable bonds is 5. The Morgan fingerprint density at radius 1 is 1.40 bits per heavy atom. The fraction of sp³-hybridized carbons (Fsp3) is 0.333. The van der Waals surface area contributed by atoms with Gasteiger partial charge in [0.05, 0.1) is 18.6 Å². The van der Waals surface area contributed by atoms with Gasteiger partial charge in [0.15, 0.2) is 0 Å². The second-order valence-corrected chi connectivity index (χ2v) is 5.10. The van der Waals surface area contributed by atoms with Crippen molar-refractivity contribution in [3.63, 3.8) is 0 Å². The maximum atomic E-state index is 12.2. The first-order valence-electron chi connectivity index (χ1n) is 6.80. The zero-order chi connectivity index (χ0) is 13.9. The molecule has 0 aliphatic heterocycles. The van der Waals surface area contributed by atoms with Crippen LogP contribution in [0.1, 0.15) is 23.3 Å². The minimum absolute atomic E-state index is 0.217. The number of benzene rings is 1. The number of aliphatic hydroxyl groups is 1. The molecule has 0 spiro atoms. The fourth-order valence-electron chi connectivity index (χ4n) is 2.19. The van der Waals surface area contributed by atoms with Crippen molar-refractivity contribution in [1.29, 1.82) is 0 Å². The van der Waals surface area contributed by atoms with Crippen LogP contribution < -0.4 is 5.32 Å². The van der Waals surface area contributed by atoms with Crippen LogP contribution in [0.15, 0.2) is 42.9 Å². The first-order valence-corrected chi connectivity index (χ1v) is 6.80. The molecule has 3 rings (SSSR count). The van der Waals surface area contributed by atoms with Gasteiger partial charge in [0.1, 0.15) is 5.69 Å². The van der Waals surface area contributed by atoms with Gasteiger partial charge in [-0.2, -0.15) is 0 Å². The van der Waals surface area contributed by atoms with Crippen molar-refractivity contribution in [2.24, 2.45) is 5.92 Å². The number of nitrogens with one attached hydrogen (secondary N) is 1. The van der Waals surface area contributed by atoms with E-state index in [4.69, 9.17) is 0 Å². The third-order valence-corrected chi connectivity index (χ3v) is 3.54. The zero-order valence-electron chi connectivity index (χ0n) is 11.1. The molecular formula is C15H17N3O2. The van der Waals surface area contributed by atoms with Gasteiger partial charge in [0.25, 0.3) is 5.91 Å². The van der Waals surface area contributed by atoms with Gasteiger partial charge < -0.3 is 10.4 Å². The molecule has 1 saturated carbocycles. The summed E-state index contributed by atoms with van der Waals surface area (Å²) in [6, 6.07) is 9.57. The lowest BCUT2D eigenvalue weighted by Crippen LogP contribution is -2.34. The fourth-order valence-corrected chi connectivity index (χ4v) is 2.19. The minimum atomic E-state index is -0.438. The van der Waals surface area contributed by atoms with E-state index in [0.717, 1.165) is 18.5 Å². The molecular weight excluding hydrogens is 254 g/mol. The summed E-state index contributed by atoms with van der Waals surface area (Å²) >= 11 is 0. The third kappa shape index (κ3) is 2.72. The molecule has 0 bridgehead atoms. The second-order valence-electron chi connectivity index (χ2n) is 5.10. The molecule has 1 unspecified atom stereocenters. The smallest absolute Gasteiger partial charge is 0.270 e. The highest BCUT2D eigenvalue weighted by molar-refractivity contribution is 5.93. The maximum absolute atomic E-state index is 12.2. The van der Waals surface area contributed by atoms with Crippen LogP contribution in [0.2, 0.25) is 0 Å². The number of hydrogen-bond acceptors (Lipinski definition) is 3. The molecule has 0 radical (unpaired) electrons. The van der Waals surface area contributed by atoms with Crippen molar-refractivity contribution >= 4 is 5.91 Å². The second kappa shape index (κ2) is 5.46. The van der Waals surface area contributed by atoms with Crippen LogP contribution in [0, 0.1) is 5.92 Å².